The first-order valence-electron chi connectivity index (χ1n) is 1.77. The molecule has 0 amide bonds. The van der Waals surface area contributed by atoms with E-state index in [1.807, 2.05) is 0 Å². The van der Waals surface area contributed by atoms with E-state index in [4.69, 9.17) is 25.1 Å². The summed E-state index contributed by atoms with van der Waals surface area (Å²) >= 11 is -0.346. The number of hydrogen-bond acceptors (Lipinski definition) is 0. The van der Waals surface area contributed by atoms with Crippen LogP contribution in [0, 0.1) is 13.8 Å². The quantitative estimate of drug-likeness (QED) is 0.462. The van der Waals surface area contributed by atoms with Gasteiger partial charge in [-0.2, -0.15) is 7.05 Å². The van der Waals surface area contributed by atoms with E-state index in [2.05, 4.69) is 13.8 Å². The van der Waals surface area contributed by atoms with Gasteiger partial charge in [-0.15, -0.1) is 0 Å². The summed E-state index contributed by atoms with van der Waals surface area (Å²) < 4.78 is 0. The third-order valence-electron chi connectivity index (χ3n) is 0. The summed E-state index contributed by atoms with van der Waals surface area (Å²) in [5.74, 6) is 0. The molecule has 0 aliphatic rings. The van der Waals surface area contributed by atoms with Crippen LogP contribution in [0.1, 0.15) is 6.42 Å². The van der Waals surface area contributed by atoms with Gasteiger partial charge in [0, 0.05) is 0 Å². The van der Waals surface area contributed by atoms with E-state index in [9.17, 15) is 0 Å². The zero-order valence-electron chi connectivity index (χ0n) is 4.73. The molecule has 0 aliphatic heterocycles. The Labute approximate surface area is 67.6 Å². The van der Waals surface area contributed by atoms with Crippen molar-refractivity contribution >= 4 is 19.4 Å². The maximum atomic E-state index is 5.75. The average molecular weight is 244 g/mol. The van der Waals surface area contributed by atoms with Gasteiger partial charge in [-0.25, -0.2) is 0 Å². The van der Waals surface area contributed by atoms with Crippen LogP contribution in [0.5, 0.6) is 0 Å². The van der Waals surface area contributed by atoms with Gasteiger partial charge in [0.25, 0.3) is 0 Å². The van der Waals surface area contributed by atoms with Crippen LogP contribution >= 0.6 is 19.4 Å². The molecule has 4 heteroatoms. The van der Waals surface area contributed by atoms with E-state index < -0.39 is 0 Å². The Morgan fingerprint density at radius 2 is 1.38 bits per heavy atom. The van der Waals surface area contributed by atoms with Crippen LogP contribution in [0.15, 0.2) is 0 Å². The van der Waals surface area contributed by atoms with Crippen LogP contribution in [0.25, 0.3) is 5.73 Å². The molecular formula is C4H10Cl2NRu-3. The third-order valence-corrected chi connectivity index (χ3v) is 0. The summed E-state index contributed by atoms with van der Waals surface area (Å²) in [5.41, 5.74) is 5.75. The van der Waals surface area contributed by atoms with Crippen molar-refractivity contribution in [3.8, 4) is 0 Å². The van der Waals surface area contributed by atoms with Gasteiger partial charge in [-0.3, -0.25) is 0 Å². The van der Waals surface area contributed by atoms with Gasteiger partial charge in [-0.05, 0) is 0 Å². The van der Waals surface area contributed by atoms with E-state index in [1.54, 1.807) is 0 Å². The van der Waals surface area contributed by atoms with Gasteiger partial charge in [0.05, 0.1) is 0 Å². The molecule has 0 saturated heterocycles. The van der Waals surface area contributed by atoms with Crippen molar-refractivity contribution in [1.29, 1.82) is 0 Å². The van der Waals surface area contributed by atoms with Crippen molar-refractivity contribution in [3.63, 3.8) is 0 Å². The fourth-order valence-electron chi connectivity index (χ4n) is 0. The molecule has 0 aromatic rings. The molecule has 1 nitrogen and oxygen atoms in total. The number of hydrogen-bond donors (Lipinski definition) is 0. The van der Waals surface area contributed by atoms with E-state index >= 15 is 0 Å². The molecular weight excluding hydrogens is 234 g/mol. The van der Waals surface area contributed by atoms with Crippen LogP contribution in [-0.4, -0.2) is 7.05 Å². The maximum absolute atomic E-state index is 5.75. The molecule has 0 heterocycles. The minimum atomic E-state index is -0.346. The van der Waals surface area contributed by atoms with E-state index in [0.717, 1.165) is 6.42 Å². The normalized spacial score (nSPS) is 5.75. The second-order valence-electron chi connectivity index (χ2n) is 0.404. The molecule has 0 rings (SSSR count). The minimum absolute atomic E-state index is 0.346. The van der Waals surface area contributed by atoms with E-state index in [0.29, 0.717) is 0 Å². The van der Waals surface area contributed by atoms with Crippen LogP contribution in [-0.2, 0) is 15.1 Å². The summed E-state index contributed by atoms with van der Waals surface area (Å²) in [6, 6.07) is 0. The first kappa shape index (κ1) is 16.1. The van der Waals surface area contributed by atoms with Crippen molar-refractivity contribution in [1.82, 2.24) is 0 Å². The van der Waals surface area contributed by atoms with Gasteiger partial charge in [0.1, 0.15) is 0 Å². The summed E-state index contributed by atoms with van der Waals surface area (Å²) in [7, 11) is 11.0. The molecule has 1 N–H and O–H groups in total. The Morgan fingerprint density at radius 3 is 1.38 bits per heavy atom. The predicted octanol–water partition coefficient (Wildman–Crippen LogP) is 3.09. The van der Waals surface area contributed by atoms with Crippen LogP contribution in [0.4, 0.5) is 0 Å². The van der Waals surface area contributed by atoms with Gasteiger partial charge < -0.3 is 26.0 Å². The van der Waals surface area contributed by atoms with Gasteiger partial charge in [0.15, 0.2) is 0 Å². The molecule has 0 aromatic carbocycles. The summed E-state index contributed by atoms with van der Waals surface area (Å²) in [6.07, 6.45) is 0.750. The molecule has 8 heavy (non-hydrogen) atoms. The summed E-state index contributed by atoms with van der Waals surface area (Å²) in [6.45, 7) is 6.75. The Bertz CT molecular complexity index is 16.0. The molecule has 56 valence electrons. The number of halogens is 2. The van der Waals surface area contributed by atoms with Crippen LogP contribution in [0.3, 0.4) is 0 Å². The molecule has 0 unspecified atom stereocenters. The van der Waals surface area contributed by atoms with Gasteiger partial charge in [-0.1, -0.05) is 0 Å². The molecule has 0 atom stereocenters. The molecule has 0 radical (unpaired) electrons. The van der Waals surface area contributed by atoms with Crippen molar-refractivity contribution < 1.29 is 15.1 Å². The van der Waals surface area contributed by atoms with Crippen molar-refractivity contribution in [2.75, 3.05) is 7.05 Å². The van der Waals surface area contributed by atoms with E-state index in [1.165, 1.54) is 7.05 Å². The first-order valence-corrected chi connectivity index (χ1v) is 6.24. The predicted molar refractivity (Wildman–Crippen MR) is 37.3 cm³/mol. The average Bonchev–Trinajstić information content (AvgIpc) is 1.75. The monoisotopic (exact) mass is 244 g/mol. The van der Waals surface area contributed by atoms with Crippen LogP contribution < -0.4 is 0 Å². The molecule has 0 aliphatic carbocycles. The Kier molecular flexibility index (Phi) is 84.1. The van der Waals surface area contributed by atoms with E-state index in [-0.39, 0.29) is 15.1 Å². The fourth-order valence-corrected chi connectivity index (χ4v) is 0. The SMILES string of the molecule is C[NH-].[CH2-]C[CH2-].[Cl][Ru][Cl]. The Hall–Kier alpha value is 1.16. The third kappa shape index (κ3) is 201. The van der Waals surface area contributed by atoms with Crippen molar-refractivity contribution in [3.05, 3.63) is 19.6 Å². The molecule has 0 aromatic heterocycles. The van der Waals surface area contributed by atoms with Crippen LogP contribution in [0.2, 0.25) is 0 Å². The fraction of sp³-hybridized carbons (Fsp3) is 0.500. The van der Waals surface area contributed by atoms with Crippen molar-refractivity contribution in [2.45, 2.75) is 6.42 Å². The Morgan fingerprint density at radius 1 is 1.38 bits per heavy atom. The van der Waals surface area contributed by atoms with Gasteiger partial charge >= 0.3 is 34.5 Å². The standard InChI is InChI=1S/C3H6.CH4N.2ClH.Ru/c1-3-2;1-2;;;/h1-3H2;2H,1H3;2*1H;/q-2;-1;;;+2/p-2. The zero-order valence-corrected chi connectivity index (χ0v) is 7.98. The molecule has 0 fully saturated rings. The Balaban J connectivity index is -0.0000000483. The topological polar surface area (TPSA) is 23.8 Å². The molecule has 0 bridgehead atoms. The van der Waals surface area contributed by atoms with Gasteiger partial charge in [0.2, 0.25) is 0 Å². The number of nitrogens with one attached hydrogen (secondary N) is 1. The first-order chi connectivity index (χ1) is 3.83. The van der Waals surface area contributed by atoms with Crippen molar-refractivity contribution in [2.24, 2.45) is 0 Å². The molecule has 0 saturated carbocycles. The number of rotatable bonds is 0. The summed E-state index contributed by atoms with van der Waals surface area (Å²) in [4.78, 5) is 0. The molecule has 0 spiro atoms. The second kappa shape index (κ2) is 41.9. The second-order valence-corrected chi connectivity index (χ2v) is 3.04. The zero-order chi connectivity index (χ0) is 7.41. The summed E-state index contributed by atoms with van der Waals surface area (Å²) in [5, 5.41) is 0.